The second-order valence-corrected chi connectivity index (χ2v) is 5.48. The number of amides is 1. The van der Waals surface area contributed by atoms with Crippen molar-refractivity contribution in [2.75, 3.05) is 6.67 Å². The van der Waals surface area contributed by atoms with Crippen molar-refractivity contribution in [2.24, 2.45) is 0 Å². The molecule has 1 saturated heterocycles. The second-order valence-electron chi connectivity index (χ2n) is 5.48. The van der Waals surface area contributed by atoms with Crippen LogP contribution in [-0.2, 0) is 4.74 Å². The molecular formula is C18H18FNO2. The summed E-state index contributed by atoms with van der Waals surface area (Å²) in [5.41, 5.74) is 1.86. The molecule has 114 valence electrons. The van der Waals surface area contributed by atoms with Crippen LogP contribution >= 0.6 is 0 Å². The van der Waals surface area contributed by atoms with E-state index in [-0.39, 0.29) is 6.04 Å². The second kappa shape index (κ2) is 6.18. The summed E-state index contributed by atoms with van der Waals surface area (Å²) in [6.07, 6.45) is -0.891. The van der Waals surface area contributed by atoms with Gasteiger partial charge in [-0.2, -0.15) is 0 Å². The van der Waals surface area contributed by atoms with Crippen LogP contribution in [0.4, 0.5) is 9.18 Å². The van der Waals surface area contributed by atoms with Gasteiger partial charge in [-0.25, -0.2) is 9.18 Å². The molecule has 4 heteroatoms. The Morgan fingerprint density at radius 3 is 2.14 bits per heavy atom. The zero-order valence-corrected chi connectivity index (χ0v) is 12.4. The number of hydrogen-bond donors (Lipinski definition) is 0. The van der Waals surface area contributed by atoms with Gasteiger partial charge >= 0.3 is 6.09 Å². The number of rotatable bonds is 4. The Kier molecular flexibility index (Phi) is 4.09. The van der Waals surface area contributed by atoms with Crippen molar-refractivity contribution in [1.82, 2.24) is 4.90 Å². The van der Waals surface area contributed by atoms with Crippen LogP contribution in [0.5, 0.6) is 0 Å². The quantitative estimate of drug-likeness (QED) is 0.843. The van der Waals surface area contributed by atoms with E-state index in [0.29, 0.717) is 0 Å². The van der Waals surface area contributed by atoms with Crippen LogP contribution in [0, 0.1) is 0 Å². The van der Waals surface area contributed by atoms with Crippen LogP contribution < -0.4 is 0 Å². The van der Waals surface area contributed by atoms with Crippen molar-refractivity contribution in [3.63, 3.8) is 0 Å². The average Bonchev–Trinajstić information content (AvgIpc) is 2.93. The Balaban J connectivity index is 2.04. The van der Waals surface area contributed by atoms with E-state index in [1.54, 1.807) is 6.92 Å². The number of hydrogen-bond acceptors (Lipinski definition) is 2. The smallest absolute Gasteiger partial charge is 0.411 e. The molecule has 0 aromatic heterocycles. The molecule has 0 aliphatic carbocycles. The average molecular weight is 299 g/mol. The van der Waals surface area contributed by atoms with Gasteiger partial charge in [-0.1, -0.05) is 60.7 Å². The molecule has 0 bridgehead atoms. The molecule has 0 radical (unpaired) electrons. The van der Waals surface area contributed by atoms with Crippen LogP contribution in [-0.4, -0.2) is 23.7 Å². The largest absolute Gasteiger partial charge is 0.439 e. The zero-order chi connectivity index (χ0) is 15.5. The first-order valence-corrected chi connectivity index (χ1v) is 7.37. The molecule has 1 heterocycles. The predicted octanol–water partition coefficient (Wildman–Crippen LogP) is 4.28. The summed E-state index contributed by atoms with van der Waals surface area (Å²) in [7, 11) is 0. The lowest BCUT2D eigenvalue weighted by molar-refractivity contribution is 0.126. The Bertz CT molecular complexity index is 632. The van der Waals surface area contributed by atoms with Gasteiger partial charge in [-0.3, -0.25) is 4.90 Å². The molecule has 3 atom stereocenters. The highest BCUT2D eigenvalue weighted by molar-refractivity contribution is 5.72. The Morgan fingerprint density at radius 2 is 1.59 bits per heavy atom. The molecule has 2 aromatic carbocycles. The third kappa shape index (κ3) is 2.56. The van der Waals surface area contributed by atoms with Crippen LogP contribution in [0.25, 0.3) is 0 Å². The van der Waals surface area contributed by atoms with Gasteiger partial charge in [-0.05, 0) is 18.1 Å². The lowest BCUT2D eigenvalue weighted by Crippen LogP contribution is -2.37. The van der Waals surface area contributed by atoms with Gasteiger partial charge in [0, 0.05) is 0 Å². The number of cyclic esters (lactones) is 1. The first-order chi connectivity index (χ1) is 10.7. The molecule has 3 rings (SSSR count). The van der Waals surface area contributed by atoms with E-state index in [9.17, 15) is 9.18 Å². The molecule has 3 nitrogen and oxygen atoms in total. The molecule has 2 unspecified atom stereocenters. The number of nitrogens with zero attached hydrogens (tertiary/aromatic N) is 1. The highest BCUT2D eigenvalue weighted by atomic mass is 19.1. The van der Waals surface area contributed by atoms with Crippen LogP contribution in [0.2, 0.25) is 0 Å². The predicted molar refractivity (Wildman–Crippen MR) is 82.1 cm³/mol. The Labute approximate surface area is 129 Å². The van der Waals surface area contributed by atoms with Gasteiger partial charge in [0.2, 0.25) is 0 Å². The van der Waals surface area contributed by atoms with E-state index in [2.05, 4.69) is 0 Å². The maximum atomic E-state index is 13.2. The fourth-order valence-electron chi connectivity index (χ4n) is 2.90. The van der Waals surface area contributed by atoms with Crippen molar-refractivity contribution in [1.29, 1.82) is 0 Å². The summed E-state index contributed by atoms with van der Waals surface area (Å²) >= 11 is 0. The van der Waals surface area contributed by atoms with Gasteiger partial charge in [-0.15, -0.1) is 0 Å². The molecule has 1 aliphatic rings. The standard InChI is InChI=1S/C18H18FNO2/c1-13(12-19)20-16(14-8-4-2-5-9-14)17(22-18(20)21)15-10-6-3-7-11-15/h2-11,13,16-17H,12H2,1H3/t13-,16?,17?/m1/s1. The van der Waals surface area contributed by atoms with E-state index < -0.39 is 24.9 Å². The third-order valence-corrected chi connectivity index (χ3v) is 3.99. The number of carbonyl (C=O) groups is 1. The summed E-state index contributed by atoms with van der Waals surface area (Å²) in [5.74, 6) is 0. The molecule has 1 fully saturated rings. The molecule has 0 spiro atoms. The summed E-state index contributed by atoms with van der Waals surface area (Å²) in [5, 5.41) is 0. The van der Waals surface area contributed by atoms with Crippen molar-refractivity contribution in [3.8, 4) is 0 Å². The zero-order valence-electron chi connectivity index (χ0n) is 12.4. The highest BCUT2D eigenvalue weighted by Gasteiger charge is 2.45. The number of halogens is 1. The van der Waals surface area contributed by atoms with E-state index in [4.69, 9.17) is 4.74 Å². The van der Waals surface area contributed by atoms with E-state index in [1.165, 1.54) is 4.90 Å². The Morgan fingerprint density at radius 1 is 1.05 bits per heavy atom. The molecule has 1 amide bonds. The van der Waals surface area contributed by atoms with E-state index in [1.807, 2.05) is 60.7 Å². The molecule has 1 aliphatic heterocycles. The fraction of sp³-hybridized carbons (Fsp3) is 0.278. The highest BCUT2D eigenvalue weighted by Crippen LogP contribution is 2.43. The third-order valence-electron chi connectivity index (χ3n) is 3.99. The molecule has 0 saturated carbocycles. The normalized spacial score (nSPS) is 22.5. The maximum Gasteiger partial charge on any atom is 0.411 e. The summed E-state index contributed by atoms with van der Waals surface area (Å²) in [6.45, 7) is 1.10. The topological polar surface area (TPSA) is 29.5 Å². The van der Waals surface area contributed by atoms with Gasteiger partial charge in [0.25, 0.3) is 0 Å². The molecule has 22 heavy (non-hydrogen) atoms. The van der Waals surface area contributed by atoms with Gasteiger partial charge in [0.1, 0.15) is 12.7 Å². The van der Waals surface area contributed by atoms with Crippen molar-refractivity contribution < 1.29 is 13.9 Å². The minimum atomic E-state index is -0.597. The minimum Gasteiger partial charge on any atom is -0.439 e. The lowest BCUT2D eigenvalue weighted by atomic mass is 9.95. The molecule has 2 aromatic rings. The van der Waals surface area contributed by atoms with E-state index >= 15 is 0 Å². The van der Waals surface area contributed by atoms with Gasteiger partial charge < -0.3 is 4.74 Å². The summed E-state index contributed by atoms with van der Waals surface area (Å²) < 4.78 is 18.8. The monoisotopic (exact) mass is 299 g/mol. The van der Waals surface area contributed by atoms with Crippen molar-refractivity contribution in [2.45, 2.75) is 25.1 Å². The Hall–Kier alpha value is -2.36. The van der Waals surface area contributed by atoms with Crippen molar-refractivity contribution in [3.05, 3.63) is 71.8 Å². The van der Waals surface area contributed by atoms with Crippen LogP contribution in [0.1, 0.15) is 30.2 Å². The minimum absolute atomic E-state index is 0.318. The SMILES string of the molecule is C[C@H](CF)N1C(=O)OC(c2ccccc2)C1c1ccccc1. The van der Waals surface area contributed by atoms with Gasteiger partial charge in [0.05, 0.1) is 6.04 Å². The number of benzene rings is 2. The number of ether oxygens (including phenoxy) is 1. The van der Waals surface area contributed by atoms with Gasteiger partial charge in [0.15, 0.2) is 6.10 Å². The molecular weight excluding hydrogens is 281 g/mol. The lowest BCUT2D eigenvalue weighted by Gasteiger charge is -2.28. The van der Waals surface area contributed by atoms with E-state index in [0.717, 1.165) is 11.1 Å². The van der Waals surface area contributed by atoms with Crippen LogP contribution in [0.15, 0.2) is 60.7 Å². The first kappa shape index (κ1) is 14.6. The summed E-state index contributed by atoms with van der Waals surface area (Å²) in [6, 6.07) is 18.4. The van der Waals surface area contributed by atoms with Crippen molar-refractivity contribution >= 4 is 6.09 Å². The maximum absolute atomic E-state index is 13.2. The number of carbonyl (C=O) groups excluding carboxylic acids is 1. The summed E-state index contributed by atoms with van der Waals surface area (Å²) in [4.78, 5) is 13.8. The fourth-order valence-corrected chi connectivity index (χ4v) is 2.90. The molecule has 0 N–H and O–H groups in total. The van der Waals surface area contributed by atoms with Crippen LogP contribution in [0.3, 0.4) is 0 Å². The number of alkyl halides is 1. The first-order valence-electron chi connectivity index (χ1n) is 7.37.